The summed E-state index contributed by atoms with van der Waals surface area (Å²) in [6.45, 7) is 3.85. The van der Waals surface area contributed by atoms with Crippen LogP contribution in [0, 0.1) is 0 Å². The predicted octanol–water partition coefficient (Wildman–Crippen LogP) is 1.42. The Bertz CT molecular complexity index is 250. The zero-order chi connectivity index (χ0) is 8.97. The summed E-state index contributed by atoms with van der Waals surface area (Å²) in [4.78, 5) is 9.11. The molecular formula is C8H13N3O. The van der Waals surface area contributed by atoms with Crippen molar-refractivity contribution in [2.75, 3.05) is 11.2 Å². The Morgan fingerprint density at radius 2 is 2.33 bits per heavy atom. The minimum absolute atomic E-state index is 0.103. The molecule has 0 saturated carbocycles. The lowest BCUT2D eigenvalue weighted by atomic mass is 10.4. The van der Waals surface area contributed by atoms with Gasteiger partial charge in [0.15, 0.2) is 5.82 Å². The van der Waals surface area contributed by atoms with Gasteiger partial charge in [0, 0.05) is 6.20 Å². The van der Waals surface area contributed by atoms with Crippen LogP contribution >= 0.6 is 0 Å². The Balaban J connectivity index is 2.57. The maximum Gasteiger partial charge on any atom is 0.173 e. The van der Waals surface area contributed by atoms with Gasteiger partial charge in [0.25, 0.3) is 0 Å². The van der Waals surface area contributed by atoms with E-state index < -0.39 is 0 Å². The normalized spacial score (nSPS) is 10.2. The predicted molar refractivity (Wildman–Crippen MR) is 48.5 cm³/mol. The Morgan fingerprint density at radius 3 is 2.92 bits per heavy atom. The molecule has 12 heavy (non-hydrogen) atoms. The molecule has 0 unspecified atom stereocenters. The van der Waals surface area contributed by atoms with Gasteiger partial charge in [0.05, 0.1) is 11.8 Å². The van der Waals surface area contributed by atoms with Crippen molar-refractivity contribution in [2.45, 2.75) is 20.0 Å². The first-order valence-electron chi connectivity index (χ1n) is 3.82. The number of hydrogen-bond acceptors (Lipinski definition) is 4. The van der Waals surface area contributed by atoms with Crippen LogP contribution in [0.15, 0.2) is 18.3 Å². The highest BCUT2D eigenvalue weighted by Gasteiger charge is 1.98. The van der Waals surface area contributed by atoms with E-state index in [4.69, 9.17) is 10.6 Å². The maximum atomic E-state index is 5.60. The second-order valence-corrected chi connectivity index (χ2v) is 2.71. The average Bonchev–Trinajstić information content (AvgIpc) is 2.03. The van der Waals surface area contributed by atoms with E-state index in [1.165, 1.54) is 0 Å². The van der Waals surface area contributed by atoms with E-state index in [1.807, 2.05) is 13.8 Å². The number of anilines is 2. The standard InChI is InChI=1S/C8H13N3O/c1-6(2)12-11-8-7(9)4-3-5-10-8/h3-6H,9H2,1-2H3,(H,10,11). The molecule has 3 N–H and O–H groups in total. The van der Waals surface area contributed by atoms with E-state index in [0.717, 1.165) is 0 Å². The van der Waals surface area contributed by atoms with Gasteiger partial charge in [-0.15, -0.1) is 0 Å². The van der Waals surface area contributed by atoms with E-state index in [0.29, 0.717) is 11.5 Å². The van der Waals surface area contributed by atoms with Crippen molar-refractivity contribution in [2.24, 2.45) is 0 Å². The first-order chi connectivity index (χ1) is 5.70. The molecule has 0 aliphatic rings. The number of nitrogens with two attached hydrogens (primary N) is 1. The first-order valence-corrected chi connectivity index (χ1v) is 3.82. The fourth-order valence-electron chi connectivity index (χ4n) is 0.677. The van der Waals surface area contributed by atoms with E-state index in [9.17, 15) is 0 Å². The summed E-state index contributed by atoms with van der Waals surface area (Å²) in [7, 11) is 0. The lowest BCUT2D eigenvalue weighted by molar-refractivity contribution is 0.129. The van der Waals surface area contributed by atoms with Crippen LogP contribution in [0.2, 0.25) is 0 Å². The van der Waals surface area contributed by atoms with Crippen molar-refractivity contribution in [3.05, 3.63) is 18.3 Å². The Labute approximate surface area is 71.7 Å². The van der Waals surface area contributed by atoms with E-state index in [-0.39, 0.29) is 6.10 Å². The highest BCUT2D eigenvalue weighted by atomic mass is 16.7. The SMILES string of the molecule is CC(C)ONc1ncccc1N. The van der Waals surface area contributed by atoms with Gasteiger partial charge in [0.2, 0.25) is 0 Å². The Morgan fingerprint density at radius 1 is 1.58 bits per heavy atom. The van der Waals surface area contributed by atoms with Crippen molar-refractivity contribution in [1.29, 1.82) is 0 Å². The lowest BCUT2D eigenvalue weighted by Gasteiger charge is -2.09. The van der Waals surface area contributed by atoms with Gasteiger partial charge in [-0.1, -0.05) is 0 Å². The van der Waals surface area contributed by atoms with Crippen LogP contribution in [0.5, 0.6) is 0 Å². The molecule has 0 radical (unpaired) electrons. The minimum Gasteiger partial charge on any atom is -0.396 e. The number of rotatable bonds is 3. The number of nitrogens with zero attached hydrogens (tertiary/aromatic N) is 1. The van der Waals surface area contributed by atoms with E-state index >= 15 is 0 Å². The molecule has 4 nitrogen and oxygen atoms in total. The zero-order valence-electron chi connectivity index (χ0n) is 7.24. The molecule has 0 aromatic carbocycles. The van der Waals surface area contributed by atoms with Gasteiger partial charge >= 0.3 is 0 Å². The molecule has 0 spiro atoms. The topological polar surface area (TPSA) is 60.2 Å². The summed E-state index contributed by atoms with van der Waals surface area (Å²) < 4.78 is 0. The van der Waals surface area contributed by atoms with Gasteiger partial charge in [-0.05, 0) is 26.0 Å². The third kappa shape index (κ3) is 2.39. The molecule has 0 atom stereocenters. The average molecular weight is 167 g/mol. The Kier molecular flexibility index (Phi) is 2.88. The van der Waals surface area contributed by atoms with Crippen LogP contribution in [-0.2, 0) is 4.84 Å². The second kappa shape index (κ2) is 3.92. The van der Waals surface area contributed by atoms with Crippen LogP contribution in [0.25, 0.3) is 0 Å². The van der Waals surface area contributed by atoms with E-state index in [2.05, 4.69) is 10.5 Å². The molecule has 1 heterocycles. The van der Waals surface area contributed by atoms with Crippen LogP contribution in [0.1, 0.15) is 13.8 Å². The van der Waals surface area contributed by atoms with Crippen molar-refractivity contribution in [1.82, 2.24) is 4.98 Å². The van der Waals surface area contributed by atoms with Crippen molar-refractivity contribution >= 4 is 11.5 Å². The number of nitrogen functional groups attached to an aromatic ring is 1. The highest BCUT2D eigenvalue weighted by molar-refractivity contribution is 5.59. The molecule has 4 heteroatoms. The molecule has 1 aromatic heterocycles. The van der Waals surface area contributed by atoms with Gasteiger partial charge < -0.3 is 5.73 Å². The molecular weight excluding hydrogens is 154 g/mol. The summed E-state index contributed by atoms with van der Waals surface area (Å²) in [5.41, 5.74) is 8.86. The molecule has 66 valence electrons. The van der Waals surface area contributed by atoms with Gasteiger partial charge in [-0.3, -0.25) is 4.84 Å². The van der Waals surface area contributed by atoms with Crippen molar-refractivity contribution < 1.29 is 4.84 Å². The fourth-order valence-corrected chi connectivity index (χ4v) is 0.677. The minimum atomic E-state index is 0.103. The van der Waals surface area contributed by atoms with Crippen molar-refractivity contribution in [3.63, 3.8) is 0 Å². The largest absolute Gasteiger partial charge is 0.396 e. The molecule has 0 aliphatic heterocycles. The van der Waals surface area contributed by atoms with Gasteiger partial charge in [-0.25, -0.2) is 10.5 Å². The summed E-state index contributed by atoms with van der Waals surface area (Å²) >= 11 is 0. The van der Waals surface area contributed by atoms with Crippen LogP contribution in [0.3, 0.4) is 0 Å². The second-order valence-electron chi connectivity index (χ2n) is 2.71. The third-order valence-electron chi connectivity index (χ3n) is 1.23. The van der Waals surface area contributed by atoms with Gasteiger partial charge in [0.1, 0.15) is 0 Å². The smallest absolute Gasteiger partial charge is 0.173 e. The number of hydrogen-bond donors (Lipinski definition) is 2. The number of pyridine rings is 1. The molecule has 1 aromatic rings. The Hall–Kier alpha value is -1.29. The summed E-state index contributed by atoms with van der Waals surface area (Å²) in [5, 5.41) is 0. The quantitative estimate of drug-likeness (QED) is 0.668. The summed E-state index contributed by atoms with van der Waals surface area (Å²) in [6.07, 6.45) is 1.76. The maximum absolute atomic E-state index is 5.60. The van der Waals surface area contributed by atoms with Crippen LogP contribution in [-0.4, -0.2) is 11.1 Å². The summed E-state index contributed by atoms with van der Waals surface area (Å²) in [5.74, 6) is 0.561. The molecule has 0 fully saturated rings. The van der Waals surface area contributed by atoms with Crippen LogP contribution < -0.4 is 11.2 Å². The highest BCUT2D eigenvalue weighted by Crippen LogP contribution is 2.12. The lowest BCUT2D eigenvalue weighted by Crippen LogP contribution is -2.11. The monoisotopic (exact) mass is 167 g/mol. The molecule has 0 amide bonds. The molecule has 1 rings (SSSR count). The van der Waals surface area contributed by atoms with Crippen LogP contribution in [0.4, 0.5) is 11.5 Å². The third-order valence-corrected chi connectivity index (χ3v) is 1.23. The number of nitrogens with one attached hydrogen (secondary N) is 1. The zero-order valence-corrected chi connectivity index (χ0v) is 7.24. The summed E-state index contributed by atoms with van der Waals surface area (Å²) in [6, 6.07) is 3.54. The first kappa shape index (κ1) is 8.80. The molecule has 0 bridgehead atoms. The molecule has 0 saturated heterocycles. The van der Waals surface area contributed by atoms with Crippen molar-refractivity contribution in [3.8, 4) is 0 Å². The molecule has 0 aliphatic carbocycles. The fraction of sp³-hybridized carbons (Fsp3) is 0.375. The number of aromatic nitrogens is 1. The van der Waals surface area contributed by atoms with Gasteiger partial charge in [-0.2, -0.15) is 0 Å². The van der Waals surface area contributed by atoms with E-state index in [1.54, 1.807) is 18.3 Å².